The van der Waals surface area contributed by atoms with Gasteiger partial charge in [0.15, 0.2) is 0 Å². The zero-order valence-electron chi connectivity index (χ0n) is 14.3. The number of aromatic nitrogens is 1. The van der Waals surface area contributed by atoms with E-state index in [1.807, 2.05) is 55.9 Å². The Hall–Kier alpha value is -2.34. The second kappa shape index (κ2) is 7.49. The number of carbonyl (C=O) groups is 2. The van der Waals surface area contributed by atoms with Gasteiger partial charge in [0.25, 0.3) is 0 Å². The van der Waals surface area contributed by atoms with Crippen LogP contribution in [-0.4, -0.2) is 33.6 Å². The molecular formula is C18H25N3O3. The molecule has 2 rings (SSSR count). The topological polar surface area (TPSA) is 97.4 Å². The first-order valence-corrected chi connectivity index (χ1v) is 8.11. The Kier molecular flexibility index (Phi) is 5.62. The lowest BCUT2D eigenvalue weighted by Crippen LogP contribution is -2.49. The minimum atomic E-state index is -1.06. The van der Waals surface area contributed by atoms with Crippen LogP contribution in [0.1, 0.15) is 25.8 Å². The maximum Gasteiger partial charge on any atom is 0.326 e. The number of amides is 1. The molecule has 1 aromatic heterocycles. The molecule has 4 N–H and O–H groups in total. The van der Waals surface area contributed by atoms with Gasteiger partial charge in [0, 0.05) is 30.6 Å². The summed E-state index contributed by atoms with van der Waals surface area (Å²) in [6.07, 6.45) is 2.64. The molecule has 0 unspecified atom stereocenters. The summed E-state index contributed by atoms with van der Waals surface area (Å²) in [4.78, 5) is 23.7. The number of aryl methyl sites for hydroxylation is 1. The number of carbonyl (C=O) groups excluding carboxylic acids is 1. The second-order valence-corrected chi connectivity index (χ2v) is 6.62. The lowest BCUT2D eigenvalue weighted by atomic mass is 10.0. The monoisotopic (exact) mass is 331 g/mol. The molecule has 0 aliphatic rings. The summed E-state index contributed by atoms with van der Waals surface area (Å²) in [6, 6.07) is 6.09. The number of carboxylic acids is 1. The first-order chi connectivity index (χ1) is 11.3. The van der Waals surface area contributed by atoms with Crippen LogP contribution in [0.4, 0.5) is 0 Å². The van der Waals surface area contributed by atoms with Gasteiger partial charge < -0.3 is 20.7 Å². The highest BCUT2D eigenvalue weighted by Gasteiger charge is 2.25. The molecular weight excluding hydrogens is 306 g/mol. The third-order valence-electron chi connectivity index (χ3n) is 4.08. The van der Waals surface area contributed by atoms with Gasteiger partial charge in [-0.1, -0.05) is 32.0 Å². The van der Waals surface area contributed by atoms with Crippen molar-refractivity contribution in [2.45, 2.75) is 38.8 Å². The Morgan fingerprint density at radius 2 is 1.96 bits per heavy atom. The number of hydrogen-bond donors (Lipinski definition) is 3. The van der Waals surface area contributed by atoms with Crippen molar-refractivity contribution in [3.05, 3.63) is 36.0 Å². The predicted molar refractivity (Wildman–Crippen MR) is 93.6 cm³/mol. The third kappa shape index (κ3) is 4.14. The highest BCUT2D eigenvalue weighted by atomic mass is 16.4. The molecule has 0 saturated heterocycles. The summed E-state index contributed by atoms with van der Waals surface area (Å²) in [5.41, 5.74) is 7.76. The van der Waals surface area contributed by atoms with Gasteiger partial charge in [-0.05, 0) is 24.0 Å². The summed E-state index contributed by atoms with van der Waals surface area (Å²) >= 11 is 0. The lowest BCUT2D eigenvalue weighted by molar-refractivity contribution is -0.142. The zero-order valence-corrected chi connectivity index (χ0v) is 14.3. The summed E-state index contributed by atoms with van der Waals surface area (Å²) in [7, 11) is 1.92. The highest BCUT2D eigenvalue weighted by Crippen LogP contribution is 2.21. The predicted octanol–water partition coefficient (Wildman–Crippen LogP) is 1.66. The van der Waals surface area contributed by atoms with Crippen LogP contribution in [0.5, 0.6) is 0 Å². The Morgan fingerprint density at radius 3 is 2.58 bits per heavy atom. The van der Waals surface area contributed by atoms with E-state index in [-0.39, 0.29) is 12.3 Å². The molecule has 6 heteroatoms. The van der Waals surface area contributed by atoms with Crippen LogP contribution in [0.15, 0.2) is 30.5 Å². The number of rotatable bonds is 7. The van der Waals surface area contributed by atoms with E-state index in [9.17, 15) is 14.7 Å². The molecule has 1 aromatic carbocycles. The van der Waals surface area contributed by atoms with Crippen LogP contribution in [0.25, 0.3) is 10.9 Å². The minimum absolute atomic E-state index is 0.219. The van der Waals surface area contributed by atoms with Gasteiger partial charge in [-0.2, -0.15) is 0 Å². The molecule has 0 saturated carbocycles. The van der Waals surface area contributed by atoms with Crippen LogP contribution >= 0.6 is 0 Å². The van der Waals surface area contributed by atoms with Gasteiger partial charge in [0.1, 0.15) is 6.04 Å². The number of hydrogen-bond acceptors (Lipinski definition) is 3. The molecule has 2 atom stereocenters. The van der Waals surface area contributed by atoms with Crippen molar-refractivity contribution in [3.63, 3.8) is 0 Å². The largest absolute Gasteiger partial charge is 0.480 e. The molecule has 0 radical (unpaired) electrons. The SMILES string of the molecule is CC(C)C[C@H](N)C(=O)N[C@H](Cc1cn(C)c2ccccc12)C(=O)O. The van der Waals surface area contributed by atoms with Crippen LogP contribution in [0.2, 0.25) is 0 Å². The van der Waals surface area contributed by atoms with Crippen LogP contribution in [-0.2, 0) is 23.1 Å². The van der Waals surface area contributed by atoms with E-state index in [0.29, 0.717) is 6.42 Å². The fourth-order valence-electron chi connectivity index (χ4n) is 2.90. The van der Waals surface area contributed by atoms with E-state index in [1.54, 1.807) is 0 Å². The van der Waals surface area contributed by atoms with Crippen molar-refractivity contribution in [2.75, 3.05) is 0 Å². The summed E-state index contributed by atoms with van der Waals surface area (Å²) in [5.74, 6) is -1.21. The van der Waals surface area contributed by atoms with Crippen LogP contribution in [0.3, 0.4) is 0 Å². The average Bonchev–Trinajstić information content (AvgIpc) is 2.82. The Morgan fingerprint density at radius 1 is 1.29 bits per heavy atom. The molecule has 2 aromatic rings. The fourth-order valence-corrected chi connectivity index (χ4v) is 2.90. The normalized spacial score (nSPS) is 13.9. The molecule has 0 aliphatic heterocycles. The summed E-state index contributed by atoms with van der Waals surface area (Å²) < 4.78 is 1.95. The van der Waals surface area contributed by atoms with Gasteiger partial charge in [-0.3, -0.25) is 4.79 Å². The van der Waals surface area contributed by atoms with E-state index < -0.39 is 24.0 Å². The molecule has 0 bridgehead atoms. The number of para-hydroxylation sites is 1. The maximum atomic E-state index is 12.1. The van der Waals surface area contributed by atoms with Crippen LogP contribution in [0, 0.1) is 5.92 Å². The van der Waals surface area contributed by atoms with Gasteiger partial charge in [-0.25, -0.2) is 4.79 Å². The Balaban J connectivity index is 2.16. The van der Waals surface area contributed by atoms with Crippen molar-refractivity contribution in [1.29, 1.82) is 0 Å². The standard InChI is InChI=1S/C18H25N3O3/c1-11(2)8-14(19)17(22)20-15(18(23)24)9-12-10-21(3)16-7-5-4-6-13(12)16/h4-7,10-11,14-15H,8-9,19H2,1-3H3,(H,20,22)(H,23,24)/t14-,15+/m0/s1. The molecule has 130 valence electrons. The van der Waals surface area contributed by atoms with Gasteiger partial charge in [0.05, 0.1) is 6.04 Å². The zero-order chi connectivity index (χ0) is 17.9. The summed E-state index contributed by atoms with van der Waals surface area (Å²) in [6.45, 7) is 3.94. The van der Waals surface area contributed by atoms with E-state index in [1.165, 1.54) is 0 Å². The molecule has 6 nitrogen and oxygen atoms in total. The van der Waals surface area contributed by atoms with Crippen molar-refractivity contribution >= 4 is 22.8 Å². The number of nitrogens with zero attached hydrogens (tertiary/aromatic N) is 1. The second-order valence-electron chi connectivity index (χ2n) is 6.62. The minimum Gasteiger partial charge on any atom is -0.480 e. The quantitative estimate of drug-likeness (QED) is 0.719. The summed E-state index contributed by atoms with van der Waals surface area (Å²) in [5, 5.41) is 13.0. The lowest BCUT2D eigenvalue weighted by Gasteiger charge is -2.18. The smallest absolute Gasteiger partial charge is 0.326 e. The molecule has 0 fully saturated rings. The van der Waals surface area contributed by atoms with Crippen molar-refractivity contribution < 1.29 is 14.7 Å². The van der Waals surface area contributed by atoms with Gasteiger partial charge in [0.2, 0.25) is 5.91 Å². The molecule has 1 amide bonds. The van der Waals surface area contributed by atoms with Gasteiger partial charge >= 0.3 is 5.97 Å². The molecule has 0 spiro atoms. The molecule has 0 aliphatic carbocycles. The number of carboxylic acid groups (broad SMARTS) is 1. The van der Waals surface area contributed by atoms with E-state index in [2.05, 4.69) is 5.32 Å². The van der Waals surface area contributed by atoms with E-state index >= 15 is 0 Å². The average molecular weight is 331 g/mol. The highest BCUT2D eigenvalue weighted by molar-refractivity contribution is 5.88. The number of benzene rings is 1. The molecule has 24 heavy (non-hydrogen) atoms. The van der Waals surface area contributed by atoms with E-state index in [4.69, 9.17) is 5.73 Å². The van der Waals surface area contributed by atoms with E-state index in [0.717, 1.165) is 16.5 Å². The van der Waals surface area contributed by atoms with Crippen molar-refractivity contribution in [1.82, 2.24) is 9.88 Å². The maximum absolute atomic E-state index is 12.1. The van der Waals surface area contributed by atoms with Gasteiger partial charge in [-0.15, -0.1) is 0 Å². The number of aliphatic carboxylic acids is 1. The molecule has 1 heterocycles. The number of nitrogens with one attached hydrogen (secondary N) is 1. The van der Waals surface area contributed by atoms with Crippen molar-refractivity contribution in [2.24, 2.45) is 18.7 Å². The first kappa shape index (κ1) is 18.0. The Labute approximate surface area is 141 Å². The van der Waals surface area contributed by atoms with Crippen LogP contribution < -0.4 is 11.1 Å². The third-order valence-corrected chi connectivity index (χ3v) is 4.08. The number of fused-ring (bicyclic) bond motifs is 1. The fraction of sp³-hybridized carbons (Fsp3) is 0.444. The van der Waals surface area contributed by atoms with Crippen molar-refractivity contribution in [3.8, 4) is 0 Å². The number of nitrogens with two attached hydrogens (primary N) is 1. The first-order valence-electron chi connectivity index (χ1n) is 8.11. The Bertz CT molecular complexity index is 736.